The molecule has 1 amide bonds. The molecule has 0 radical (unpaired) electrons. The van der Waals surface area contributed by atoms with Crippen LogP contribution in [0.4, 0.5) is 5.69 Å². The third kappa shape index (κ3) is 6.42. The standard InChI is InChI=1S/C25H29N3O6S/c1-5-32-20-13-16(23-22(24(30)33-6-2)15(3)26-25(35)28-23)11-12-19(20)34-14-21(29)27-17-9-7-8-10-18(17)31-4/h7-13,23H,5-6,14H2,1-4H3,(H,27,29)(H2,26,28,35)/t23-/m1/s1. The van der Waals surface area contributed by atoms with Gasteiger partial charge in [-0.15, -0.1) is 0 Å². The SMILES string of the molecule is CCOC(=O)C1=C(C)NC(=S)N[C@@H]1c1ccc(OCC(=O)Nc2ccccc2OC)c(OCC)c1. The summed E-state index contributed by atoms with van der Waals surface area (Å²) in [5, 5.41) is 9.25. The number of hydrogen-bond acceptors (Lipinski definition) is 7. The molecule has 1 heterocycles. The number of ether oxygens (including phenoxy) is 4. The van der Waals surface area contributed by atoms with Crippen LogP contribution in [0.15, 0.2) is 53.7 Å². The van der Waals surface area contributed by atoms with E-state index in [0.717, 1.165) is 5.56 Å². The van der Waals surface area contributed by atoms with E-state index in [1.807, 2.05) is 13.0 Å². The van der Waals surface area contributed by atoms with Crippen molar-refractivity contribution in [3.05, 3.63) is 59.3 Å². The Balaban J connectivity index is 1.80. The molecule has 0 unspecified atom stereocenters. The minimum atomic E-state index is -0.537. The Morgan fingerprint density at radius 1 is 1.03 bits per heavy atom. The number of nitrogens with one attached hydrogen (secondary N) is 3. The monoisotopic (exact) mass is 499 g/mol. The number of allylic oxidation sites excluding steroid dienone is 1. The van der Waals surface area contributed by atoms with Crippen molar-refractivity contribution in [2.45, 2.75) is 26.8 Å². The molecule has 0 aliphatic carbocycles. The number of rotatable bonds is 10. The number of methoxy groups -OCH3 is 1. The number of carbonyl (C=O) groups is 2. The van der Waals surface area contributed by atoms with Crippen molar-refractivity contribution in [3.8, 4) is 17.2 Å². The van der Waals surface area contributed by atoms with E-state index in [4.69, 9.17) is 31.2 Å². The lowest BCUT2D eigenvalue weighted by Gasteiger charge is -2.30. The molecule has 2 aromatic rings. The number of carbonyl (C=O) groups excluding carboxylic acids is 2. The van der Waals surface area contributed by atoms with Crippen LogP contribution in [0.3, 0.4) is 0 Å². The fourth-order valence-corrected chi connectivity index (χ4v) is 3.86. The average molecular weight is 500 g/mol. The fraction of sp³-hybridized carbons (Fsp3) is 0.320. The topological polar surface area (TPSA) is 107 Å². The predicted molar refractivity (Wildman–Crippen MR) is 136 cm³/mol. The van der Waals surface area contributed by atoms with Crippen molar-refractivity contribution >= 4 is 34.9 Å². The van der Waals surface area contributed by atoms with Crippen LogP contribution in [0.5, 0.6) is 17.2 Å². The van der Waals surface area contributed by atoms with Gasteiger partial charge in [-0.25, -0.2) is 4.79 Å². The van der Waals surface area contributed by atoms with Crippen LogP contribution in [0.2, 0.25) is 0 Å². The van der Waals surface area contributed by atoms with E-state index < -0.39 is 12.0 Å². The fourth-order valence-electron chi connectivity index (χ4n) is 3.59. The molecular weight excluding hydrogens is 470 g/mol. The minimum Gasteiger partial charge on any atom is -0.495 e. The molecule has 10 heteroatoms. The average Bonchev–Trinajstić information content (AvgIpc) is 2.83. The molecule has 0 aromatic heterocycles. The lowest BCUT2D eigenvalue weighted by Crippen LogP contribution is -2.45. The largest absolute Gasteiger partial charge is 0.495 e. The highest BCUT2D eigenvalue weighted by molar-refractivity contribution is 7.80. The molecule has 186 valence electrons. The molecule has 0 saturated carbocycles. The maximum Gasteiger partial charge on any atom is 0.338 e. The Labute approximate surface area is 209 Å². The molecule has 1 atom stereocenters. The second kappa shape index (κ2) is 12.1. The van der Waals surface area contributed by atoms with E-state index in [9.17, 15) is 9.59 Å². The van der Waals surface area contributed by atoms with Crippen molar-refractivity contribution in [1.82, 2.24) is 10.6 Å². The quantitative estimate of drug-likeness (QED) is 0.335. The molecule has 1 aliphatic heterocycles. The van der Waals surface area contributed by atoms with E-state index in [0.29, 0.717) is 45.9 Å². The van der Waals surface area contributed by atoms with Gasteiger partial charge in [-0.1, -0.05) is 18.2 Å². The van der Waals surface area contributed by atoms with Gasteiger partial charge in [-0.3, -0.25) is 4.79 Å². The number of thiocarbonyl (C=S) groups is 1. The zero-order chi connectivity index (χ0) is 25.4. The van der Waals surface area contributed by atoms with Crippen LogP contribution in [0, 0.1) is 0 Å². The Bertz CT molecular complexity index is 1130. The van der Waals surface area contributed by atoms with Crippen LogP contribution in [0.25, 0.3) is 0 Å². The summed E-state index contributed by atoms with van der Waals surface area (Å²) in [5.74, 6) is 0.578. The summed E-state index contributed by atoms with van der Waals surface area (Å²) in [6.45, 7) is 5.76. The first-order chi connectivity index (χ1) is 16.9. The second-order valence-corrected chi connectivity index (χ2v) is 7.88. The summed E-state index contributed by atoms with van der Waals surface area (Å²) in [6, 6.07) is 11.8. The molecule has 3 rings (SSSR count). The van der Waals surface area contributed by atoms with E-state index in [2.05, 4.69) is 16.0 Å². The molecule has 0 spiro atoms. The van der Waals surface area contributed by atoms with Crippen molar-refractivity contribution in [3.63, 3.8) is 0 Å². The van der Waals surface area contributed by atoms with Crippen LogP contribution in [-0.4, -0.2) is 43.9 Å². The van der Waals surface area contributed by atoms with Gasteiger partial charge in [0.25, 0.3) is 5.91 Å². The van der Waals surface area contributed by atoms with E-state index in [-0.39, 0.29) is 19.1 Å². The maximum atomic E-state index is 12.6. The van der Waals surface area contributed by atoms with E-state index in [1.165, 1.54) is 7.11 Å². The van der Waals surface area contributed by atoms with Gasteiger partial charge in [-0.2, -0.15) is 0 Å². The Kier molecular flexibility index (Phi) is 8.91. The van der Waals surface area contributed by atoms with Crippen molar-refractivity contribution in [2.75, 3.05) is 32.2 Å². The molecular formula is C25H29N3O6S. The summed E-state index contributed by atoms with van der Waals surface area (Å²) < 4.78 is 22.0. The van der Waals surface area contributed by atoms with Gasteiger partial charge in [0.15, 0.2) is 23.2 Å². The molecule has 35 heavy (non-hydrogen) atoms. The Morgan fingerprint density at radius 2 is 1.80 bits per heavy atom. The summed E-state index contributed by atoms with van der Waals surface area (Å²) in [6.07, 6.45) is 0. The van der Waals surface area contributed by atoms with Gasteiger partial charge in [0.05, 0.1) is 37.6 Å². The Hall–Kier alpha value is -3.79. The molecule has 2 aromatic carbocycles. The number of hydrogen-bond donors (Lipinski definition) is 3. The van der Waals surface area contributed by atoms with E-state index >= 15 is 0 Å². The maximum absolute atomic E-state index is 12.6. The van der Waals surface area contributed by atoms with Gasteiger partial charge in [-0.05, 0) is 62.8 Å². The van der Waals surface area contributed by atoms with Crippen LogP contribution >= 0.6 is 12.2 Å². The number of para-hydroxylation sites is 2. The smallest absolute Gasteiger partial charge is 0.338 e. The first-order valence-corrected chi connectivity index (χ1v) is 11.6. The van der Waals surface area contributed by atoms with Gasteiger partial charge < -0.3 is 34.9 Å². The molecule has 0 saturated heterocycles. The van der Waals surface area contributed by atoms with Crippen molar-refractivity contribution in [1.29, 1.82) is 0 Å². The summed E-state index contributed by atoms with van der Waals surface area (Å²) >= 11 is 5.30. The molecule has 0 fully saturated rings. The van der Waals surface area contributed by atoms with Crippen molar-refractivity contribution in [2.24, 2.45) is 0 Å². The van der Waals surface area contributed by atoms with Gasteiger partial charge >= 0.3 is 5.97 Å². The first-order valence-electron chi connectivity index (χ1n) is 11.2. The second-order valence-electron chi connectivity index (χ2n) is 7.47. The summed E-state index contributed by atoms with van der Waals surface area (Å²) in [7, 11) is 1.53. The molecule has 1 aliphatic rings. The third-order valence-electron chi connectivity index (χ3n) is 5.11. The zero-order valence-corrected chi connectivity index (χ0v) is 20.9. The lowest BCUT2D eigenvalue weighted by atomic mass is 9.95. The van der Waals surface area contributed by atoms with Gasteiger partial charge in [0, 0.05) is 5.70 Å². The lowest BCUT2D eigenvalue weighted by molar-refractivity contribution is -0.139. The van der Waals surface area contributed by atoms with Crippen LogP contribution < -0.4 is 30.2 Å². The minimum absolute atomic E-state index is 0.236. The highest BCUT2D eigenvalue weighted by atomic mass is 32.1. The number of esters is 1. The summed E-state index contributed by atoms with van der Waals surface area (Å²) in [4.78, 5) is 25.1. The zero-order valence-electron chi connectivity index (χ0n) is 20.1. The number of benzene rings is 2. The number of amides is 1. The third-order valence-corrected chi connectivity index (χ3v) is 5.33. The predicted octanol–water partition coefficient (Wildman–Crippen LogP) is 3.47. The molecule has 0 bridgehead atoms. The highest BCUT2D eigenvalue weighted by Gasteiger charge is 2.31. The van der Waals surface area contributed by atoms with Crippen molar-refractivity contribution < 1.29 is 28.5 Å². The Morgan fingerprint density at radius 3 is 2.51 bits per heavy atom. The number of anilines is 1. The highest BCUT2D eigenvalue weighted by Crippen LogP contribution is 2.35. The van der Waals surface area contributed by atoms with E-state index in [1.54, 1.807) is 50.2 Å². The van der Waals surface area contributed by atoms with Gasteiger partial charge in [0.2, 0.25) is 0 Å². The molecule has 3 N–H and O–H groups in total. The van der Waals surface area contributed by atoms with Crippen LogP contribution in [-0.2, 0) is 14.3 Å². The summed E-state index contributed by atoms with van der Waals surface area (Å²) in [5.41, 5.74) is 2.31. The van der Waals surface area contributed by atoms with Crippen LogP contribution in [0.1, 0.15) is 32.4 Å². The molecule has 9 nitrogen and oxygen atoms in total. The van der Waals surface area contributed by atoms with Gasteiger partial charge in [0.1, 0.15) is 5.75 Å². The normalized spacial score (nSPS) is 15.0. The first kappa shape index (κ1) is 25.8.